The minimum atomic E-state index is -3.60. The first-order valence-electron chi connectivity index (χ1n) is 11.8. The van der Waals surface area contributed by atoms with Crippen LogP contribution in [0.15, 0.2) is 95.9 Å². The van der Waals surface area contributed by atoms with E-state index in [4.69, 9.17) is 5.41 Å². The highest BCUT2D eigenvalue weighted by Gasteiger charge is 2.52. The van der Waals surface area contributed by atoms with Crippen LogP contribution >= 0.6 is 0 Å². The van der Waals surface area contributed by atoms with Gasteiger partial charge < -0.3 is 5.32 Å². The van der Waals surface area contributed by atoms with Gasteiger partial charge >= 0.3 is 0 Å². The molecule has 2 aliphatic heterocycles. The average Bonchev–Trinajstić information content (AvgIpc) is 3.16. The van der Waals surface area contributed by atoms with Gasteiger partial charge in [0.1, 0.15) is 0 Å². The Morgan fingerprint density at radius 2 is 1.43 bits per heavy atom. The number of nitrogens with zero attached hydrogens (tertiary/aromatic N) is 2. The number of hydrogen-bond acceptors (Lipinski definition) is 4. The Bertz CT molecular complexity index is 1270. The van der Waals surface area contributed by atoms with E-state index >= 15 is 0 Å². The summed E-state index contributed by atoms with van der Waals surface area (Å²) in [6.07, 6.45) is 1.50. The number of carbonyl (C=O) groups is 1. The van der Waals surface area contributed by atoms with Gasteiger partial charge in [0.15, 0.2) is 11.5 Å². The highest BCUT2D eigenvalue weighted by molar-refractivity contribution is 7.89. The summed E-state index contributed by atoms with van der Waals surface area (Å²) in [5, 5.41) is 11.9. The number of benzene rings is 3. The lowest BCUT2D eigenvalue weighted by Gasteiger charge is -2.34. The van der Waals surface area contributed by atoms with E-state index < -0.39 is 15.6 Å². The van der Waals surface area contributed by atoms with Crippen molar-refractivity contribution in [2.75, 3.05) is 19.6 Å². The molecule has 180 valence electrons. The summed E-state index contributed by atoms with van der Waals surface area (Å²) < 4.78 is 27.8. The number of nitrogens with one attached hydrogen (secondary N) is 2. The van der Waals surface area contributed by atoms with Gasteiger partial charge in [-0.1, -0.05) is 78.9 Å². The molecule has 0 bridgehead atoms. The van der Waals surface area contributed by atoms with Crippen molar-refractivity contribution in [1.82, 2.24) is 14.5 Å². The first-order chi connectivity index (χ1) is 16.9. The van der Waals surface area contributed by atoms with Crippen molar-refractivity contribution in [3.05, 3.63) is 102 Å². The van der Waals surface area contributed by atoms with Gasteiger partial charge in [-0.15, -0.1) is 0 Å². The summed E-state index contributed by atoms with van der Waals surface area (Å²) in [5.74, 6) is -0.260. The highest BCUT2D eigenvalue weighted by Crippen LogP contribution is 2.36. The molecular weight excluding hydrogens is 460 g/mol. The zero-order valence-corrected chi connectivity index (χ0v) is 20.1. The molecule has 35 heavy (non-hydrogen) atoms. The third-order valence-corrected chi connectivity index (χ3v) is 8.74. The van der Waals surface area contributed by atoms with Crippen LogP contribution in [0.1, 0.15) is 24.0 Å². The number of carbonyl (C=O) groups excluding carboxylic acids is 1. The Kier molecular flexibility index (Phi) is 6.17. The van der Waals surface area contributed by atoms with Crippen LogP contribution in [0, 0.1) is 11.3 Å². The Balaban J connectivity index is 1.41. The minimum absolute atomic E-state index is 0.0331. The molecule has 2 N–H and O–H groups in total. The van der Waals surface area contributed by atoms with Gasteiger partial charge in [-0.05, 0) is 42.0 Å². The Morgan fingerprint density at radius 3 is 2.00 bits per heavy atom. The predicted octanol–water partition coefficient (Wildman–Crippen LogP) is 3.40. The first kappa shape index (κ1) is 23.3. The van der Waals surface area contributed by atoms with Crippen molar-refractivity contribution in [3.8, 4) is 0 Å². The molecule has 2 saturated heterocycles. The summed E-state index contributed by atoms with van der Waals surface area (Å²) in [7, 11) is -3.60. The fourth-order valence-corrected chi connectivity index (χ4v) is 6.68. The SMILES string of the molecule is N=C1NC(c2ccccc2)(c2ccccc2)C(=O)N1CC1CCCN(S(=O)(=O)c2ccccc2)C1. The molecule has 3 aromatic rings. The van der Waals surface area contributed by atoms with Crippen LogP contribution in [-0.2, 0) is 20.4 Å². The topological polar surface area (TPSA) is 93.6 Å². The standard InChI is InChI=1S/C27H28N4O3S/c28-26-29-27(22-12-4-1-5-13-22,23-14-6-2-7-15-23)25(32)31(26)20-21-11-10-18-30(19-21)35(33,34)24-16-8-3-9-17-24/h1-9,12-17,21H,10-11,18-20H2,(H2,28,29). The maximum absolute atomic E-state index is 14.0. The van der Waals surface area contributed by atoms with Crippen molar-refractivity contribution in [3.63, 3.8) is 0 Å². The summed E-state index contributed by atoms with van der Waals surface area (Å²) >= 11 is 0. The van der Waals surface area contributed by atoms with Gasteiger partial charge in [0.25, 0.3) is 5.91 Å². The van der Waals surface area contributed by atoms with Crippen LogP contribution in [0.2, 0.25) is 0 Å². The van der Waals surface area contributed by atoms with E-state index in [0.29, 0.717) is 19.5 Å². The maximum atomic E-state index is 14.0. The maximum Gasteiger partial charge on any atom is 0.264 e. The minimum Gasteiger partial charge on any atom is -0.334 e. The normalized spacial score (nSPS) is 20.6. The Morgan fingerprint density at radius 1 is 0.886 bits per heavy atom. The zero-order chi connectivity index (χ0) is 24.5. The van der Waals surface area contributed by atoms with Crippen LogP contribution in [0.3, 0.4) is 0 Å². The van der Waals surface area contributed by atoms with E-state index in [1.165, 1.54) is 9.21 Å². The molecule has 2 fully saturated rings. The van der Waals surface area contributed by atoms with E-state index in [1.54, 1.807) is 30.3 Å². The number of rotatable bonds is 6. The molecule has 2 heterocycles. The van der Waals surface area contributed by atoms with Gasteiger partial charge in [0.2, 0.25) is 10.0 Å². The van der Waals surface area contributed by atoms with E-state index in [1.807, 2.05) is 60.7 Å². The van der Waals surface area contributed by atoms with Gasteiger partial charge in [0.05, 0.1) is 4.90 Å². The second kappa shape index (κ2) is 9.28. The smallest absolute Gasteiger partial charge is 0.264 e. The third kappa shape index (κ3) is 4.13. The largest absolute Gasteiger partial charge is 0.334 e. The molecule has 0 radical (unpaired) electrons. The molecule has 0 aromatic heterocycles. The Labute approximate surface area is 205 Å². The van der Waals surface area contributed by atoms with Crippen molar-refractivity contribution in [1.29, 1.82) is 5.41 Å². The fraction of sp³-hybridized carbons (Fsp3) is 0.259. The molecule has 5 rings (SSSR count). The second-order valence-corrected chi connectivity index (χ2v) is 11.0. The number of sulfonamides is 1. The second-order valence-electron chi connectivity index (χ2n) is 9.06. The van der Waals surface area contributed by atoms with Crippen molar-refractivity contribution in [2.24, 2.45) is 5.92 Å². The third-order valence-electron chi connectivity index (χ3n) is 6.86. The molecule has 0 spiro atoms. The van der Waals surface area contributed by atoms with E-state index in [0.717, 1.165) is 17.5 Å². The Hall–Kier alpha value is -3.49. The quantitative estimate of drug-likeness (QED) is 0.556. The zero-order valence-electron chi connectivity index (χ0n) is 19.3. The molecule has 1 atom stereocenters. The number of hydrogen-bond donors (Lipinski definition) is 2. The lowest BCUT2D eigenvalue weighted by molar-refractivity contribution is -0.130. The number of piperidine rings is 1. The van der Waals surface area contributed by atoms with Crippen molar-refractivity contribution in [2.45, 2.75) is 23.3 Å². The summed E-state index contributed by atoms with van der Waals surface area (Å²) in [6, 6.07) is 27.3. The number of amides is 1. The lowest BCUT2D eigenvalue weighted by atomic mass is 9.82. The van der Waals surface area contributed by atoms with Gasteiger partial charge in [0, 0.05) is 19.6 Å². The van der Waals surface area contributed by atoms with E-state index in [-0.39, 0.29) is 29.2 Å². The number of guanidine groups is 1. The van der Waals surface area contributed by atoms with Gasteiger partial charge in [-0.2, -0.15) is 4.31 Å². The summed E-state index contributed by atoms with van der Waals surface area (Å²) in [4.78, 5) is 15.8. The fourth-order valence-electron chi connectivity index (χ4n) is 5.10. The molecule has 8 heteroatoms. The van der Waals surface area contributed by atoms with Crippen molar-refractivity contribution >= 4 is 21.9 Å². The van der Waals surface area contributed by atoms with Crippen LogP contribution in [0.4, 0.5) is 0 Å². The van der Waals surface area contributed by atoms with E-state index in [9.17, 15) is 13.2 Å². The van der Waals surface area contributed by atoms with Crippen LogP contribution in [0.5, 0.6) is 0 Å². The monoisotopic (exact) mass is 488 g/mol. The van der Waals surface area contributed by atoms with Crippen molar-refractivity contribution < 1.29 is 13.2 Å². The molecule has 0 aliphatic carbocycles. The van der Waals surface area contributed by atoms with Gasteiger partial charge in [-0.3, -0.25) is 15.1 Å². The molecule has 0 saturated carbocycles. The molecule has 2 aliphatic rings. The molecule has 1 amide bonds. The molecular formula is C27H28N4O3S. The summed E-state index contributed by atoms with van der Waals surface area (Å²) in [6.45, 7) is 1.06. The molecule has 7 nitrogen and oxygen atoms in total. The van der Waals surface area contributed by atoms with Crippen LogP contribution in [-0.4, -0.2) is 49.1 Å². The van der Waals surface area contributed by atoms with Crippen LogP contribution < -0.4 is 5.32 Å². The van der Waals surface area contributed by atoms with E-state index in [2.05, 4.69) is 5.32 Å². The van der Waals surface area contributed by atoms with Crippen LogP contribution in [0.25, 0.3) is 0 Å². The highest BCUT2D eigenvalue weighted by atomic mass is 32.2. The predicted molar refractivity (Wildman–Crippen MR) is 134 cm³/mol. The lowest BCUT2D eigenvalue weighted by Crippen LogP contribution is -2.47. The average molecular weight is 489 g/mol. The molecule has 3 aromatic carbocycles. The first-order valence-corrected chi connectivity index (χ1v) is 13.2. The molecule has 1 unspecified atom stereocenters. The summed E-state index contributed by atoms with van der Waals surface area (Å²) in [5.41, 5.74) is 0.338. The van der Waals surface area contributed by atoms with Gasteiger partial charge in [-0.25, -0.2) is 8.42 Å².